The molecule has 0 saturated carbocycles. The van der Waals surface area contributed by atoms with Crippen molar-refractivity contribution in [3.8, 4) is 0 Å². The van der Waals surface area contributed by atoms with Crippen molar-refractivity contribution in [2.24, 2.45) is 0 Å². The molecule has 0 N–H and O–H groups in total. The molecule has 208 valence electrons. The lowest BCUT2D eigenvalue weighted by atomic mass is 9.85. The molecule has 45 heavy (non-hydrogen) atoms. The van der Waals surface area contributed by atoms with Gasteiger partial charge in [0.2, 0.25) is 0 Å². The van der Waals surface area contributed by atoms with Crippen LogP contribution in [0, 0.1) is 0 Å². The highest BCUT2D eigenvalue weighted by atomic mass is 14.2. The second-order valence-corrected chi connectivity index (χ2v) is 12.4. The monoisotopic (exact) mass is 568 g/mol. The van der Waals surface area contributed by atoms with Crippen LogP contribution in [0.15, 0.2) is 158 Å². The average molecular weight is 569 g/mol. The zero-order valence-corrected chi connectivity index (χ0v) is 24.7. The Hall–Kier alpha value is -5.72. The Morgan fingerprint density at radius 2 is 0.444 bits per heavy atom. The van der Waals surface area contributed by atoms with Crippen molar-refractivity contribution in [3.63, 3.8) is 0 Å². The molecule has 0 heteroatoms. The second kappa shape index (κ2) is 9.39. The van der Waals surface area contributed by atoms with Crippen molar-refractivity contribution in [2.75, 3.05) is 0 Å². The summed E-state index contributed by atoms with van der Waals surface area (Å²) in [5.74, 6) is 0. The van der Waals surface area contributed by atoms with Gasteiger partial charge in [0.05, 0.1) is 0 Å². The van der Waals surface area contributed by atoms with E-state index in [9.17, 15) is 0 Å². The Bertz CT molecular complexity index is 2640. The minimum Gasteiger partial charge on any atom is -0.0616 e. The third kappa shape index (κ3) is 3.48. The zero-order chi connectivity index (χ0) is 29.5. The highest BCUT2D eigenvalue weighted by molar-refractivity contribution is 6.33. The maximum Gasteiger partial charge on any atom is -0.00130 e. The van der Waals surface area contributed by atoms with Crippen LogP contribution in [0.3, 0.4) is 0 Å². The molecular formula is C45H28. The summed E-state index contributed by atoms with van der Waals surface area (Å²) in [6.45, 7) is 0. The molecule has 0 fully saturated rings. The summed E-state index contributed by atoms with van der Waals surface area (Å²) in [6, 6.07) is 58.7. The summed E-state index contributed by atoms with van der Waals surface area (Å²) in [7, 11) is 0. The van der Waals surface area contributed by atoms with E-state index in [0.29, 0.717) is 0 Å². The fourth-order valence-electron chi connectivity index (χ4n) is 8.18. The van der Waals surface area contributed by atoms with Gasteiger partial charge in [0.1, 0.15) is 0 Å². The largest absolute Gasteiger partial charge is 0.0616 e. The first-order chi connectivity index (χ1) is 22.3. The van der Waals surface area contributed by atoms with Crippen LogP contribution < -0.4 is 0 Å². The summed E-state index contributed by atoms with van der Waals surface area (Å²) in [5, 5.41) is 21.2. The SMILES string of the molecule is c1ccc2c(c1)c(Cc1cc3c4ccccc4c4ccccc4c3c3ccccc13)cc1c3ccccc3c3ccccc3c21. The Labute approximate surface area is 260 Å². The molecule has 0 heterocycles. The van der Waals surface area contributed by atoms with E-state index in [1.54, 1.807) is 0 Å². The molecule has 0 radical (unpaired) electrons. The maximum atomic E-state index is 2.49. The minimum absolute atomic E-state index is 0.856. The average Bonchev–Trinajstić information content (AvgIpc) is 3.11. The van der Waals surface area contributed by atoms with Gasteiger partial charge in [-0.2, -0.15) is 0 Å². The van der Waals surface area contributed by atoms with Crippen LogP contribution in [0.2, 0.25) is 0 Å². The van der Waals surface area contributed by atoms with Crippen molar-refractivity contribution < 1.29 is 0 Å². The van der Waals surface area contributed by atoms with Crippen molar-refractivity contribution >= 4 is 86.2 Å². The van der Waals surface area contributed by atoms with Crippen molar-refractivity contribution in [3.05, 3.63) is 169 Å². The molecule has 0 aliphatic rings. The highest BCUT2D eigenvalue weighted by Crippen LogP contribution is 2.43. The quantitative estimate of drug-likeness (QED) is 0.182. The number of hydrogen-bond donors (Lipinski definition) is 0. The second-order valence-electron chi connectivity index (χ2n) is 12.4. The van der Waals surface area contributed by atoms with Gasteiger partial charge in [0.25, 0.3) is 0 Å². The molecule has 0 bridgehead atoms. The third-order valence-electron chi connectivity index (χ3n) is 10.0. The van der Waals surface area contributed by atoms with Crippen molar-refractivity contribution in [1.29, 1.82) is 0 Å². The van der Waals surface area contributed by atoms with E-state index >= 15 is 0 Å². The van der Waals surface area contributed by atoms with Crippen LogP contribution in [0.1, 0.15) is 11.1 Å². The van der Waals surface area contributed by atoms with E-state index in [0.717, 1.165) is 6.42 Å². The first-order valence-electron chi connectivity index (χ1n) is 15.8. The molecule has 10 aromatic carbocycles. The first kappa shape index (κ1) is 24.7. The molecule has 0 aliphatic heterocycles. The summed E-state index contributed by atoms with van der Waals surface area (Å²) in [6.07, 6.45) is 0.856. The summed E-state index contributed by atoms with van der Waals surface area (Å²) in [5.41, 5.74) is 2.74. The molecule has 0 amide bonds. The van der Waals surface area contributed by atoms with E-state index in [1.165, 1.54) is 97.3 Å². The smallest absolute Gasteiger partial charge is 0.00130 e. The highest BCUT2D eigenvalue weighted by Gasteiger charge is 2.17. The molecular weight excluding hydrogens is 540 g/mol. The minimum atomic E-state index is 0.856. The molecule has 0 aromatic heterocycles. The Balaban J connectivity index is 1.33. The molecule has 0 aliphatic carbocycles. The molecule has 0 atom stereocenters. The van der Waals surface area contributed by atoms with Crippen molar-refractivity contribution in [1.82, 2.24) is 0 Å². The summed E-state index contributed by atoms with van der Waals surface area (Å²) >= 11 is 0. The molecule has 0 spiro atoms. The number of fused-ring (bicyclic) bond motifs is 16. The van der Waals surface area contributed by atoms with Gasteiger partial charge in [-0.3, -0.25) is 0 Å². The number of hydrogen-bond acceptors (Lipinski definition) is 0. The van der Waals surface area contributed by atoms with Crippen LogP contribution in [0.25, 0.3) is 86.2 Å². The molecule has 0 unspecified atom stereocenters. The Morgan fingerprint density at radius 1 is 0.222 bits per heavy atom. The Kier molecular flexibility index (Phi) is 5.15. The topological polar surface area (TPSA) is 0 Å². The van der Waals surface area contributed by atoms with E-state index in [-0.39, 0.29) is 0 Å². The van der Waals surface area contributed by atoms with Crippen LogP contribution >= 0.6 is 0 Å². The molecule has 10 aromatic rings. The van der Waals surface area contributed by atoms with Gasteiger partial charge in [-0.1, -0.05) is 146 Å². The Morgan fingerprint density at radius 3 is 0.778 bits per heavy atom. The first-order valence-corrected chi connectivity index (χ1v) is 15.8. The predicted molar refractivity (Wildman–Crippen MR) is 196 cm³/mol. The number of benzene rings is 10. The fourth-order valence-corrected chi connectivity index (χ4v) is 8.18. The zero-order valence-electron chi connectivity index (χ0n) is 24.7. The van der Waals surface area contributed by atoms with Gasteiger partial charge in [-0.15, -0.1) is 0 Å². The predicted octanol–water partition coefficient (Wildman–Crippen LogP) is 12.5. The maximum absolute atomic E-state index is 2.49. The van der Waals surface area contributed by atoms with Crippen LogP contribution in [-0.2, 0) is 6.42 Å². The van der Waals surface area contributed by atoms with Gasteiger partial charge in [-0.05, 0) is 116 Å². The van der Waals surface area contributed by atoms with Gasteiger partial charge in [-0.25, -0.2) is 0 Å². The van der Waals surface area contributed by atoms with E-state index in [4.69, 9.17) is 0 Å². The molecule has 0 nitrogen and oxygen atoms in total. The van der Waals surface area contributed by atoms with E-state index in [1.807, 2.05) is 0 Å². The number of rotatable bonds is 2. The molecule has 10 rings (SSSR count). The van der Waals surface area contributed by atoms with Gasteiger partial charge < -0.3 is 0 Å². The normalized spacial score (nSPS) is 12.1. The fraction of sp³-hybridized carbons (Fsp3) is 0.0222. The van der Waals surface area contributed by atoms with Crippen LogP contribution in [-0.4, -0.2) is 0 Å². The third-order valence-corrected chi connectivity index (χ3v) is 10.0. The van der Waals surface area contributed by atoms with Crippen LogP contribution in [0.5, 0.6) is 0 Å². The molecule has 0 saturated heterocycles. The van der Waals surface area contributed by atoms with E-state index < -0.39 is 0 Å². The van der Waals surface area contributed by atoms with E-state index in [2.05, 4.69) is 158 Å². The van der Waals surface area contributed by atoms with Crippen molar-refractivity contribution in [2.45, 2.75) is 6.42 Å². The lowest BCUT2D eigenvalue weighted by Crippen LogP contribution is -1.95. The van der Waals surface area contributed by atoms with Gasteiger partial charge in [0, 0.05) is 0 Å². The summed E-state index contributed by atoms with van der Waals surface area (Å²) < 4.78 is 0. The lowest BCUT2D eigenvalue weighted by Gasteiger charge is -2.18. The van der Waals surface area contributed by atoms with Gasteiger partial charge >= 0.3 is 0 Å². The van der Waals surface area contributed by atoms with Gasteiger partial charge in [0.15, 0.2) is 0 Å². The lowest BCUT2D eigenvalue weighted by molar-refractivity contribution is 1.25. The standard InChI is InChI=1S/C45H28/c1-9-21-38-30(13-1)28(26-42-36-19-5-3-15-32(36)34-17-7-11-23-40(34)44(38)42)25-29-27-43-37-20-6-4-16-33(37)35-18-8-12-24-41(35)45(43)39-22-10-2-14-31(29)39/h1-24,26-27H,25H2. The summed E-state index contributed by atoms with van der Waals surface area (Å²) in [4.78, 5) is 0. The van der Waals surface area contributed by atoms with Crippen LogP contribution in [0.4, 0.5) is 0 Å².